The maximum atomic E-state index is 13.4. The predicted octanol–water partition coefficient (Wildman–Crippen LogP) is 5.38. The van der Waals surface area contributed by atoms with E-state index < -0.39 is 5.25 Å². The van der Waals surface area contributed by atoms with Crippen LogP contribution in [0.5, 0.6) is 0 Å². The minimum atomic E-state index is -0.430. The molecule has 1 atom stereocenters. The molecule has 0 saturated heterocycles. The molecule has 2 aromatic heterocycles. The van der Waals surface area contributed by atoms with E-state index in [1.54, 1.807) is 18.3 Å². The van der Waals surface area contributed by atoms with Gasteiger partial charge in [-0.05, 0) is 81.1 Å². The lowest BCUT2D eigenvalue weighted by atomic mass is 9.97. The lowest BCUT2D eigenvalue weighted by Gasteiger charge is -2.17. The Labute approximate surface area is 191 Å². The number of hydrogen-bond donors (Lipinski definition) is 0. The summed E-state index contributed by atoms with van der Waals surface area (Å²) in [6, 6.07) is 14.9. The van der Waals surface area contributed by atoms with Crippen LogP contribution < -0.4 is 5.56 Å². The molecule has 0 radical (unpaired) electrons. The highest BCUT2D eigenvalue weighted by Gasteiger charge is 2.23. The van der Waals surface area contributed by atoms with Gasteiger partial charge in [0.05, 0.1) is 16.2 Å². The Morgan fingerprint density at radius 2 is 1.69 bits per heavy atom. The van der Waals surface area contributed by atoms with Gasteiger partial charge in [-0.1, -0.05) is 36.0 Å². The largest absolute Gasteiger partial charge is 0.293 e. The summed E-state index contributed by atoms with van der Waals surface area (Å²) in [6.07, 6.45) is 1.72. The standard InChI is InChI=1S/C26H25N3O2S/c1-15-10-11-23(27-14-15)29-25(31)20-8-6-7-9-22(20)28-26(29)32-19(5)24(30)21-13-17(3)16(2)12-18(21)4/h6-14,19H,1-5H3. The molecule has 4 rings (SSSR count). The molecule has 4 aromatic rings. The summed E-state index contributed by atoms with van der Waals surface area (Å²) >= 11 is 1.28. The SMILES string of the molecule is Cc1ccc(-n2c(SC(C)C(=O)c3cc(C)c(C)cc3C)nc3ccccc3c2=O)nc1. The smallest absolute Gasteiger partial charge is 0.267 e. The van der Waals surface area contributed by atoms with Crippen molar-refractivity contribution < 1.29 is 4.79 Å². The number of carbonyl (C=O) groups excluding carboxylic acids is 1. The summed E-state index contributed by atoms with van der Waals surface area (Å²) in [7, 11) is 0. The molecular formula is C26H25N3O2S. The summed E-state index contributed by atoms with van der Waals surface area (Å²) in [4.78, 5) is 35.9. The van der Waals surface area contributed by atoms with Crippen molar-refractivity contribution in [3.63, 3.8) is 0 Å². The van der Waals surface area contributed by atoms with Gasteiger partial charge >= 0.3 is 0 Å². The number of pyridine rings is 1. The van der Waals surface area contributed by atoms with Crippen molar-refractivity contribution in [2.24, 2.45) is 0 Å². The molecule has 0 spiro atoms. The number of aryl methyl sites for hydroxylation is 4. The van der Waals surface area contributed by atoms with Crippen molar-refractivity contribution in [3.8, 4) is 5.82 Å². The molecule has 0 saturated carbocycles. The number of para-hydroxylation sites is 1. The molecule has 0 bridgehead atoms. The average molecular weight is 444 g/mol. The molecule has 32 heavy (non-hydrogen) atoms. The van der Waals surface area contributed by atoms with Gasteiger partial charge in [0.15, 0.2) is 10.9 Å². The second-order valence-electron chi connectivity index (χ2n) is 8.12. The number of benzene rings is 2. The third kappa shape index (κ3) is 4.10. The first kappa shape index (κ1) is 22.0. The van der Waals surface area contributed by atoms with Crippen molar-refractivity contribution >= 4 is 28.4 Å². The minimum absolute atomic E-state index is 0.0152. The van der Waals surface area contributed by atoms with Gasteiger partial charge in [0.2, 0.25) is 0 Å². The Balaban J connectivity index is 1.81. The fraction of sp³-hybridized carbons (Fsp3) is 0.231. The van der Waals surface area contributed by atoms with Crippen LogP contribution in [0.15, 0.2) is 64.7 Å². The third-order valence-electron chi connectivity index (χ3n) is 5.63. The zero-order chi connectivity index (χ0) is 23.0. The number of ketones is 1. The van der Waals surface area contributed by atoms with Crippen LogP contribution in [0.4, 0.5) is 0 Å². The molecule has 6 heteroatoms. The normalized spacial score (nSPS) is 12.2. The molecule has 1 unspecified atom stereocenters. The Bertz CT molecular complexity index is 1390. The molecule has 0 aliphatic carbocycles. The highest BCUT2D eigenvalue weighted by Crippen LogP contribution is 2.28. The highest BCUT2D eigenvalue weighted by atomic mass is 32.2. The van der Waals surface area contributed by atoms with E-state index in [0.717, 1.165) is 22.3 Å². The number of rotatable bonds is 5. The van der Waals surface area contributed by atoms with Gasteiger partial charge in [0.25, 0.3) is 5.56 Å². The molecule has 162 valence electrons. The monoisotopic (exact) mass is 443 g/mol. The fourth-order valence-electron chi connectivity index (χ4n) is 3.64. The van der Waals surface area contributed by atoms with E-state index >= 15 is 0 Å². The van der Waals surface area contributed by atoms with Gasteiger partial charge in [-0.15, -0.1) is 0 Å². The van der Waals surface area contributed by atoms with E-state index in [1.807, 2.05) is 71.0 Å². The van der Waals surface area contributed by atoms with E-state index in [2.05, 4.69) is 4.98 Å². The summed E-state index contributed by atoms with van der Waals surface area (Å²) < 4.78 is 1.50. The van der Waals surface area contributed by atoms with Gasteiger partial charge in [-0.3, -0.25) is 9.59 Å². The van der Waals surface area contributed by atoms with E-state index in [1.165, 1.54) is 16.3 Å². The molecule has 2 aromatic carbocycles. The van der Waals surface area contributed by atoms with Crippen LogP contribution in [-0.2, 0) is 0 Å². The number of hydrogen-bond acceptors (Lipinski definition) is 5. The minimum Gasteiger partial charge on any atom is -0.293 e. The second kappa shape index (κ2) is 8.71. The molecular weight excluding hydrogens is 418 g/mol. The third-order valence-corrected chi connectivity index (χ3v) is 6.68. The number of Topliss-reactive ketones (excluding diaryl/α,β-unsaturated/α-hetero) is 1. The quantitative estimate of drug-likeness (QED) is 0.235. The lowest BCUT2D eigenvalue weighted by molar-refractivity contribution is 0.0993. The van der Waals surface area contributed by atoms with E-state index in [4.69, 9.17) is 4.98 Å². The maximum Gasteiger partial charge on any atom is 0.267 e. The van der Waals surface area contributed by atoms with Crippen molar-refractivity contribution in [3.05, 3.63) is 92.9 Å². The van der Waals surface area contributed by atoms with Gasteiger partial charge in [-0.2, -0.15) is 0 Å². The van der Waals surface area contributed by atoms with Gasteiger partial charge in [0, 0.05) is 11.8 Å². The van der Waals surface area contributed by atoms with Crippen LogP contribution in [0.3, 0.4) is 0 Å². The van der Waals surface area contributed by atoms with E-state index in [9.17, 15) is 9.59 Å². The molecule has 2 heterocycles. The molecule has 5 nitrogen and oxygen atoms in total. The summed E-state index contributed by atoms with van der Waals surface area (Å²) in [5.41, 5.74) is 5.31. The van der Waals surface area contributed by atoms with E-state index in [-0.39, 0.29) is 11.3 Å². The first-order valence-corrected chi connectivity index (χ1v) is 11.4. The number of carbonyl (C=O) groups is 1. The topological polar surface area (TPSA) is 64.8 Å². The highest BCUT2D eigenvalue weighted by molar-refractivity contribution is 8.00. The van der Waals surface area contributed by atoms with Crippen LogP contribution in [-0.4, -0.2) is 25.6 Å². The van der Waals surface area contributed by atoms with Crippen LogP contribution in [0.25, 0.3) is 16.7 Å². The zero-order valence-corrected chi connectivity index (χ0v) is 19.7. The first-order valence-electron chi connectivity index (χ1n) is 10.5. The Hall–Kier alpha value is -3.25. The number of thioether (sulfide) groups is 1. The summed E-state index contributed by atoms with van der Waals surface area (Å²) in [6.45, 7) is 9.81. The maximum absolute atomic E-state index is 13.4. The molecule has 0 aliphatic heterocycles. The van der Waals surface area contributed by atoms with Crippen LogP contribution in [0.1, 0.15) is 39.5 Å². The van der Waals surface area contributed by atoms with Crippen molar-refractivity contribution in [1.82, 2.24) is 14.5 Å². The van der Waals surface area contributed by atoms with Crippen LogP contribution >= 0.6 is 11.8 Å². The molecule has 0 amide bonds. The number of nitrogens with zero attached hydrogens (tertiary/aromatic N) is 3. The van der Waals surface area contributed by atoms with Crippen LogP contribution in [0, 0.1) is 27.7 Å². The molecule has 0 aliphatic rings. The van der Waals surface area contributed by atoms with Gasteiger partial charge in [-0.25, -0.2) is 14.5 Å². The average Bonchev–Trinajstić information content (AvgIpc) is 2.77. The van der Waals surface area contributed by atoms with Crippen LogP contribution in [0.2, 0.25) is 0 Å². The fourth-order valence-corrected chi connectivity index (χ4v) is 4.63. The van der Waals surface area contributed by atoms with E-state index in [0.29, 0.717) is 27.4 Å². The Kier molecular flexibility index (Phi) is 5.98. The predicted molar refractivity (Wildman–Crippen MR) is 130 cm³/mol. The molecule has 0 fully saturated rings. The number of aromatic nitrogens is 3. The van der Waals surface area contributed by atoms with Crippen molar-refractivity contribution in [1.29, 1.82) is 0 Å². The Morgan fingerprint density at radius 1 is 0.969 bits per heavy atom. The van der Waals surface area contributed by atoms with Gasteiger partial charge < -0.3 is 0 Å². The first-order chi connectivity index (χ1) is 15.3. The Morgan fingerprint density at radius 3 is 2.41 bits per heavy atom. The summed E-state index contributed by atoms with van der Waals surface area (Å²) in [5, 5.41) is 0.538. The number of fused-ring (bicyclic) bond motifs is 1. The van der Waals surface area contributed by atoms with Gasteiger partial charge in [0.1, 0.15) is 5.82 Å². The molecule has 0 N–H and O–H groups in total. The van der Waals surface area contributed by atoms with Crippen molar-refractivity contribution in [2.75, 3.05) is 0 Å². The lowest BCUT2D eigenvalue weighted by Crippen LogP contribution is -2.24. The summed E-state index contributed by atoms with van der Waals surface area (Å²) in [5.74, 6) is 0.504. The second-order valence-corrected chi connectivity index (χ2v) is 9.43. The van der Waals surface area contributed by atoms with Crippen molar-refractivity contribution in [2.45, 2.75) is 45.0 Å². The zero-order valence-electron chi connectivity index (χ0n) is 18.8.